The molecule has 0 rings (SSSR count). The summed E-state index contributed by atoms with van der Waals surface area (Å²) in [5, 5.41) is 0. The summed E-state index contributed by atoms with van der Waals surface area (Å²) in [6.45, 7) is 2.34. The molecule has 0 radical (unpaired) electrons. The van der Waals surface area contributed by atoms with Gasteiger partial charge in [-0.1, -0.05) is 116 Å². The predicted octanol–water partition coefficient (Wildman–Crippen LogP) is 8.12. The number of unbranched alkanes of at least 4 members (excludes halogenated alkanes) is 18. The molecule has 176 valence electrons. The Kier molecular flexibility index (Phi) is 22.4. The number of rotatable bonds is 24. The fraction of sp³-hybridized carbons (Fsp3) is 1.00. The molecule has 0 heterocycles. The van der Waals surface area contributed by atoms with Crippen molar-refractivity contribution in [3.05, 3.63) is 0 Å². The topological polar surface area (TPSA) is 43.4 Å². The van der Waals surface area contributed by atoms with E-state index in [1.165, 1.54) is 77.0 Å². The summed E-state index contributed by atoms with van der Waals surface area (Å²) in [6.07, 6.45) is 23.1. The fourth-order valence-electron chi connectivity index (χ4n) is 3.62. The summed E-state index contributed by atoms with van der Waals surface area (Å²) < 4.78 is 40.7. The molecule has 0 atom stereocenters. The standard InChI is InChI=1S/C24H49FO3S/c1-2-3-4-5-6-7-8-9-10-11-12-14-17-20-23-28-29(26,27)24-21-18-15-13-16-19-22-25/h2-24H2,1H3. The maximum atomic E-state index is 12.0. The summed E-state index contributed by atoms with van der Waals surface area (Å²) in [5.74, 6) is 0.120. The molecule has 3 nitrogen and oxygen atoms in total. The van der Waals surface area contributed by atoms with Gasteiger partial charge in [0.25, 0.3) is 10.1 Å². The van der Waals surface area contributed by atoms with Gasteiger partial charge in [0.1, 0.15) is 0 Å². The number of halogens is 1. The molecule has 0 bridgehead atoms. The predicted molar refractivity (Wildman–Crippen MR) is 124 cm³/mol. The second-order valence-corrected chi connectivity index (χ2v) is 10.2. The largest absolute Gasteiger partial charge is 0.270 e. The molecule has 0 fully saturated rings. The molecule has 0 aromatic carbocycles. The lowest BCUT2D eigenvalue weighted by molar-refractivity contribution is 0.305. The van der Waals surface area contributed by atoms with E-state index in [0.717, 1.165) is 38.5 Å². The molecule has 0 aromatic rings. The van der Waals surface area contributed by atoms with E-state index in [1.807, 2.05) is 0 Å². The van der Waals surface area contributed by atoms with Gasteiger partial charge in [-0.2, -0.15) is 8.42 Å². The zero-order valence-electron chi connectivity index (χ0n) is 19.3. The third-order valence-electron chi connectivity index (χ3n) is 5.54. The molecular weight excluding hydrogens is 387 g/mol. The SMILES string of the molecule is CCCCCCCCCCCCCCCCOS(=O)(=O)CCCCCCCCF. The Morgan fingerprint density at radius 2 is 0.931 bits per heavy atom. The van der Waals surface area contributed by atoms with Crippen molar-refractivity contribution in [1.29, 1.82) is 0 Å². The quantitative estimate of drug-likeness (QED) is 0.113. The van der Waals surface area contributed by atoms with Crippen LogP contribution in [-0.4, -0.2) is 27.5 Å². The van der Waals surface area contributed by atoms with E-state index in [4.69, 9.17) is 4.18 Å². The van der Waals surface area contributed by atoms with Crippen molar-refractivity contribution >= 4 is 10.1 Å². The zero-order valence-corrected chi connectivity index (χ0v) is 20.1. The molecule has 0 aromatic heterocycles. The van der Waals surface area contributed by atoms with Crippen LogP contribution in [-0.2, 0) is 14.3 Å². The number of hydrogen-bond donors (Lipinski definition) is 0. The molecule has 5 heteroatoms. The Balaban J connectivity index is 3.28. The molecule has 29 heavy (non-hydrogen) atoms. The monoisotopic (exact) mass is 436 g/mol. The highest BCUT2D eigenvalue weighted by Crippen LogP contribution is 2.13. The average molecular weight is 437 g/mol. The van der Waals surface area contributed by atoms with Crippen molar-refractivity contribution in [2.24, 2.45) is 0 Å². The van der Waals surface area contributed by atoms with Crippen LogP contribution in [0, 0.1) is 0 Å². The first-order valence-corrected chi connectivity index (χ1v) is 14.1. The first-order valence-electron chi connectivity index (χ1n) is 12.6. The number of alkyl halides is 1. The molecule has 0 aliphatic rings. The lowest BCUT2D eigenvalue weighted by atomic mass is 10.0. The van der Waals surface area contributed by atoms with Crippen LogP contribution in [0.1, 0.15) is 135 Å². The van der Waals surface area contributed by atoms with Gasteiger partial charge in [0.15, 0.2) is 0 Å². The zero-order chi connectivity index (χ0) is 21.5. The molecule has 0 saturated carbocycles. The normalized spacial score (nSPS) is 11.9. The summed E-state index contributed by atoms with van der Waals surface area (Å²) in [4.78, 5) is 0. The van der Waals surface area contributed by atoms with E-state index in [0.29, 0.717) is 19.4 Å². The van der Waals surface area contributed by atoms with Gasteiger partial charge in [-0.05, 0) is 19.3 Å². The molecule has 0 saturated heterocycles. The smallest absolute Gasteiger partial charge is 0.267 e. The Bertz CT molecular complexity index is 412. The minimum atomic E-state index is -3.36. The van der Waals surface area contributed by atoms with E-state index in [2.05, 4.69) is 6.92 Å². The second kappa shape index (κ2) is 22.5. The molecule has 0 N–H and O–H groups in total. The van der Waals surface area contributed by atoms with Crippen molar-refractivity contribution < 1.29 is 17.0 Å². The Morgan fingerprint density at radius 1 is 0.552 bits per heavy atom. The molecule has 0 spiro atoms. The second-order valence-electron chi connectivity index (χ2n) is 8.49. The minimum Gasteiger partial charge on any atom is -0.270 e. The van der Waals surface area contributed by atoms with Gasteiger partial charge in [-0.3, -0.25) is 8.57 Å². The van der Waals surface area contributed by atoms with Gasteiger partial charge >= 0.3 is 0 Å². The van der Waals surface area contributed by atoms with Gasteiger partial charge in [0.05, 0.1) is 19.0 Å². The van der Waals surface area contributed by atoms with Crippen LogP contribution < -0.4 is 0 Å². The lowest BCUT2D eigenvalue weighted by Crippen LogP contribution is -2.11. The minimum absolute atomic E-state index is 0.120. The van der Waals surface area contributed by atoms with Gasteiger partial charge in [0, 0.05) is 0 Å². The third-order valence-corrected chi connectivity index (χ3v) is 6.85. The lowest BCUT2D eigenvalue weighted by Gasteiger charge is -2.06. The Labute approximate surface area is 181 Å². The molecule has 0 amide bonds. The van der Waals surface area contributed by atoms with E-state index < -0.39 is 10.1 Å². The van der Waals surface area contributed by atoms with Crippen LogP contribution in [0.15, 0.2) is 0 Å². The van der Waals surface area contributed by atoms with Crippen LogP contribution in [0.25, 0.3) is 0 Å². The van der Waals surface area contributed by atoms with Crippen LogP contribution in [0.3, 0.4) is 0 Å². The third kappa shape index (κ3) is 24.0. The molecule has 0 unspecified atom stereocenters. The van der Waals surface area contributed by atoms with Crippen molar-refractivity contribution in [3.8, 4) is 0 Å². The van der Waals surface area contributed by atoms with E-state index in [-0.39, 0.29) is 12.4 Å². The van der Waals surface area contributed by atoms with Crippen molar-refractivity contribution in [3.63, 3.8) is 0 Å². The maximum Gasteiger partial charge on any atom is 0.267 e. The van der Waals surface area contributed by atoms with E-state index in [9.17, 15) is 12.8 Å². The molecule has 0 aliphatic carbocycles. The number of hydrogen-bond acceptors (Lipinski definition) is 3. The van der Waals surface area contributed by atoms with Gasteiger partial charge in [-0.25, -0.2) is 0 Å². The van der Waals surface area contributed by atoms with Crippen LogP contribution in [0.2, 0.25) is 0 Å². The molecule has 0 aliphatic heterocycles. The van der Waals surface area contributed by atoms with Gasteiger partial charge in [0.2, 0.25) is 0 Å². The van der Waals surface area contributed by atoms with Crippen molar-refractivity contribution in [2.75, 3.05) is 19.0 Å². The summed E-state index contributed by atoms with van der Waals surface area (Å²) in [7, 11) is -3.36. The summed E-state index contributed by atoms with van der Waals surface area (Å²) >= 11 is 0. The summed E-state index contributed by atoms with van der Waals surface area (Å²) in [6, 6.07) is 0. The Hall–Kier alpha value is -0.160. The average Bonchev–Trinajstić information content (AvgIpc) is 2.70. The van der Waals surface area contributed by atoms with E-state index in [1.54, 1.807) is 0 Å². The summed E-state index contributed by atoms with van der Waals surface area (Å²) in [5.41, 5.74) is 0. The van der Waals surface area contributed by atoms with Crippen LogP contribution in [0.5, 0.6) is 0 Å². The van der Waals surface area contributed by atoms with Gasteiger partial charge < -0.3 is 0 Å². The van der Waals surface area contributed by atoms with Crippen molar-refractivity contribution in [1.82, 2.24) is 0 Å². The first-order chi connectivity index (χ1) is 14.1. The van der Waals surface area contributed by atoms with E-state index >= 15 is 0 Å². The highest BCUT2D eigenvalue weighted by atomic mass is 32.2. The van der Waals surface area contributed by atoms with Crippen LogP contribution in [0.4, 0.5) is 4.39 Å². The fourth-order valence-corrected chi connectivity index (χ4v) is 4.67. The Morgan fingerprint density at radius 3 is 1.38 bits per heavy atom. The highest BCUT2D eigenvalue weighted by molar-refractivity contribution is 7.86. The maximum absolute atomic E-state index is 12.0. The highest BCUT2D eigenvalue weighted by Gasteiger charge is 2.10. The first kappa shape index (κ1) is 28.8. The molecular formula is C24H49FO3S. The van der Waals surface area contributed by atoms with Crippen LogP contribution >= 0.6 is 0 Å². The van der Waals surface area contributed by atoms with Gasteiger partial charge in [-0.15, -0.1) is 0 Å². The van der Waals surface area contributed by atoms with Crippen molar-refractivity contribution in [2.45, 2.75) is 135 Å².